The molecule has 1 amide bonds. The van der Waals surface area contributed by atoms with Gasteiger partial charge in [-0.2, -0.15) is 0 Å². The Kier molecular flexibility index (Phi) is 8.00. The van der Waals surface area contributed by atoms with Crippen molar-refractivity contribution in [1.82, 2.24) is 5.32 Å². The van der Waals surface area contributed by atoms with Crippen LogP contribution in [0.5, 0.6) is 0 Å². The van der Waals surface area contributed by atoms with Gasteiger partial charge in [0, 0.05) is 23.6 Å². The van der Waals surface area contributed by atoms with Crippen LogP contribution in [-0.4, -0.2) is 16.6 Å². The Labute approximate surface area is 179 Å². The van der Waals surface area contributed by atoms with E-state index < -0.39 is 4.92 Å². The minimum Gasteiger partial charge on any atom is -0.372 e. The molecule has 0 saturated carbocycles. The highest BCUT2D eigenvalue weighted by Gasteiger charge is 2.08. The van der Waals surface area contributed by atoms with Gasteiger partial charge in [-0.05, 0) is 28.8 Å². The molecule has 0 spiro atoms. The maximum absolute atomic E-state index is 12.2. The average molecular weight is 423 g/mol. The van der Waals surface area contributed by atoms with Gasteiger partial charge in [0.25, 0.3) is 5.69 Å². The van der Waals surface area contributed by atoms with E-state index in [0.29, 0.717) is 19.8 Å². The zero-order valence-electron chi connectivity index (χ0n) is 16.3. The van der Waals surface area contributed by atoms with E-state index >= 15 is 0 Å². The molecule has 0 saturated heterocycles. The van der Waals surface area contributed by atoms with Gasteiger partial charge in [0.15, 0.2) is 0 Å². The molecule has 3 rings (SSSR count). The topological polar surface area (TPSA) is 81.5 Å². The third-order valence-electron chi connectivity index (χ3n) is 4.38. The second-order valence-corrected chi connectivity index (χ2v) is 7.61. The number of benzene rings is 3. The van der Waals surface area contributed by atoms with Gasteiger partial charge in [-0.15, -0.1) is 11.8 Å². The lowest BCUT2D eigenvalue weighted by Gasteiger charge is -2.11. The number of non-ortho nitro benzene ring substituents is 1. The fraction of sp³-hybridized carbons (Fsp3) is 0.174. The third kappa shape index (κ3) is 6.72. The summed E-state index contributed by atoms with van der Waals surface area (Å²) < 4.78 is 5.82. The van der Waals surface area contributed by atoms with E-state index in [1.807, 2.05) is 54.6 Å². The van der Waals surface area contributed by atoms with E-state index in [4.69, 9.17) is 4.74 Å². The van der Waals surface area contributed by atoms with Crippen molar-refractivity contribution in [3.63, 3.8) is 0 Å². The van der Waals surface area contributed by atoms with Crippen molar-refractivity contribution in [2.45, 2.75) is 24.7 Å². The summed E-state index contributed by atoms with van der Waals surface area (Å²) in [6.07, 6.45) is 0. The molecule has 154 valence electrons. The van der Waals surface area contributed by atoms with Crippen molar-refractivity contribution in [3.8, 4) is 0 Å². The Morgan fingerprint density at radius 1 is 0.900 bits per heavy atom. The van der Waals surface area contributed by atoms with Crippen molar-refractivity contribution in [1.29, 1.82) is 0 Å². The van der Waals surface area contributed by atoms with Gasteiger partial charge in [0.05, 0.1) is 23.9 Å². The van der Waals surface area contributed by atoms with Crippen molar-refractivity contribution >= 4 is 23.4 Å². The standard InChI is InChI=1S/C23H22N2O4S/c26-23(17-30-22-12-10-21(11-13-22)25(27)28)24-14-19-8-4-5-9-20(19)16-29-15-18-6-2-1-3-7-18/h1-13H,14-17H2,(H,24,26). The first-order valence-corrected chi connectivity index (χ1v) is 10.4. The first-order chi connectivity index (χ1) is 14.6. The lowest BCUT2D eigenvalue weighted by molar-refractivity contribution is -0.384. The van der Waals surface area contributed by atoms with Gasteiger partial charge >= 0.3 is 0 Å². The van der Waals surface area contributed by atoms with Gasteiger partial charge in [0.2, 0.25) is 5.91 Å². The van der Waals surface area contributed by atoms with Crippen LogP contribution in [0.25, 0.3) is 0 Å². The number of thioether (sulfide) groups is 1. The lowest BCUT2D eigenvalue weighted by atomic mass is 10.1. The number of amides is 1. The molecule has 0 atom stereocenters. The van der Waals surface area contributed by atoms with Gasteiger partial charge in [0.1, 0.15) is 0 Å². The number of rotatable bonds is 10. The number of hydrogen-bond acceptors (Lipinski definition) is 5. The predicted molar refractivity (Wildman–Crippen MR) is 117 cm³/mol. The smallest absolute Gasteiger partial charge is 0.269 e. The van der Waals surface area contributed by atoms with E-state index in [2.05, 4.69) is 5.32 Å². The van der Waals surface area contributed by atoms with Gasteiger partial charge in [-0.1, -0.05) is 54.6 Å². The second-order valence-electron chi connectivity index (χ2n) is 6.56. The van der Waals surface area contributed by atoms with Crippen LogP contribution in [0.15, 0.2) is 83.8 Å². The molecule has 0 aliphatic carbocycles. The van der Waals surface area contributed by atoms with Crippen LogP contribution >= 0.6 is 11.8 Å². The molecule has 30 heavy (non-hydrogen) atoms. The molecular formula is C23H22N2O4S. The molecule has 0 aliphatic heterocycles. The maximum Gasteiger partial charge on any atom is 0.269 e. The fourth-order valence-electron chi connectivity index (χ4n) is 2.78. The second kappa shape index (κ2) is 11.1. The molecule has 0 heterocycles. The molecular weight excluding hydrogens is 400 g/mol. The van der Waals surface area contributed by atoms with Crippen LogP contribution in [0.4, 0.5) is 5.69 Å². The van der Waals surface area contributed by atoms with Crippen molar-refractivity contribution < 1.29 is 14.5 Å². The molecule has 7 heteroatoms. The maximum atomic E-state index is 12.2. The SMILES string of the molecule is O=C(CSc1ccc([N+](=O)[O-])cc1)NCc1ccccc1COCc1ccccc1. The molecule has 0 bridgehead atoms. The molecule has 0 aromatic heterocycles. The molecule has 0 fully saturated rings. The fourth-order valence-corrected chi connectivity index (χ4v) is 3.51. The summed E-state index contributed by atoms with van der Waals surface area (Å²) in [5.41, 5.74) is 3.21. The Bertz CT molecular complexity index is 978. The summed E-state index contributed by atoms with van der Waals surface area (Å²) in [4.78, 5) is 23.3. The number of nitro benzene ring substituents is 1. The quantitative estimate of drug-likeness (QED) is 0.290. The molecule has 6 nitrogen and oxygen atoms in total. The molecule has 3 aromatic carbocycles. The Morgan fingerprint density at radius 3 is 2.27 bits per heavy atom. The van der Waals surface area contributed by atoms with Crippen molar-refractivity contribution in [2.24, 2.45) is 0 Å². The Balaban J connectivity index is 1.45. The monoisotopic (exact) mass is 422 g/mol. The Hall–Kier alpha value is -3.16. The lowest BCUT2D eigenvalue weighted by Crippen LogP contribution is -2.25. The minimum atomic E-state index is -0.442. The predicted octanol–water partition coefficient (Wildman–Crippen LogP) is 4.72. The third-order valence-corrected chi connectivity index (χ3v) is 5.39. The first kappa shape index (κ1) is 21.5. The number of carbonyl (C=O) groups is 1. The summed E-state index contributed by atoms with van der Waals surface area (Å²) >= 11 is 1.34. The summed E-state index contributed by atoms with van der Waals surface area (Å²) in [5, 5.41) is 13.6. The first-order valence-electron chi connectivity index (χ1n) is 9.44. The minimum absolute atomic E-state index is 0.0369. The number of nitrogens with one attached hydrogen (secondary N) is 1. The van der Waals surface area contributed by atoms with Crippen LogP contribution in [0, 0.1) is 10.1 Å². The molecule has 0 radical (unpaired) electrons. The van der Waals surface area contributed by atoms with Gasteiger partial charge in [-0.25, -0.2) is 0 Å². The molecule has 0 aliphatic rings. The largest absolute Gasteiger partial charge is 0.372 e. The summed E-state index contributed by atoms with van der Waals surface area (Å²) in [7, 11) is 0. The molecule has 1 N–H and O–H groups in total. The van der Waals surface area contributed by atoms with E-state index in [1.54, 1.807) is 12.1 Å². The number of hydrogen-bond donors (Lipinski definition) is 1. The average Bonchev–Trinajstić information content (AvgIpc) is 2.78. The summed E-state index contributed by atoms with van der Waals surface area (Å²) in [6, 6.07) is 24.0. The Morgan fingerprint density at radius 2 is 1.57 bits per heavy atom. The number of nitro groups is 1. The normalized spacial score (nSPS) is 10.5. The van der Waals surface area contributed by atoms with Crippen molar-refractivity contribution in [3.05, 3.63) is 106 Å². The highest BCUT2D eigenvalue weighted by molar-refractivity contribution is 8.00. The van der Waals surface area contributed by atoms with Crippen LogP contribution in [0.3, 0.4) is 0 Å². The van der Waals surface area contributed by atoms with Crippen LogP contribution < -0.4 is 5.32 Å². The van der Waals surface area contributed by atoms with Crippen LogP contribution in [0.2, 0.25) is 0 Å². The van der Waals surface area contributed by atoms with Crippen LogP contribution in [0.1, 0.15) is 16.7 Å². The van der Waals surface area contributed by atoms with E-state index in [0.717, 1.165) is 21.6 Å². The zero-order valence-corrected chi connectivity index (χ0v) is 17.1. The number of carbonyl (C=O) groups excluding carboxylic acids is 1. The molecule has 0 unspecified atom stereocenters. The van der Waals surface area contributed by atoms with E-state index in [1.165, 1.54) is 23.9 Å². The van der Waals surface area contributed by atoms with Gasteiger partial charge in [-0.3, -0.25) is 14.9 Å². The summed E-state index contributed by atoms with van der Waals surface area (Å²) in [5.74, 6) is 0.142. The van der Waals surface area contributed by atoms with Crippen molar-refractivity contribution in [2.75, 3.05) is 5.75 Å². The highest BCUT2D eigenvalue weighted by Crippen LogP contribution is 2.21. The number of nitrogens with zero attached hydrogens (tertiary/aromatic N) is 1. The van der Waals surface area contributed by atoms with Gasteiger partial charge < -0.3 is 10.1 Å². The highest BCUT2D eigenvalue weighted by atomic mass is 32.2. The van der Waals surface area contributed by atoms with E-state index in [-0.39, 0.29) is 17.3 Å². The number of ether oxygens (including phenoxy) is 1. The van der Waals surface area contributed by atoms with E-state index in [9.17, 15) is 14.9 Å². The zero-order chi connectivity index (χ0) is 21.2. The summed E-state index contributed by atoms with van der Waals surface area (Å²) in [6.45, 7) is 1.43. The molecule has 3 aromatic rings. The van der Waals surface area contributed by atoms with Crippen LogP contribution in [-0.2, 0) is 29.3 Å².